The molecule has 1 N–H and O–H groups in total. The molecule has 0 atom stereocenters. The molecule has 2 rings (SSSR count). The van der Waals surface area contributed by atoms with E-state index >= 15 is 0 Å². The fourth-order valence-corrected chi connectivity index (χ4v) is 2.52. The highest BCUT2D eigenvalue weighted by molar-refractivity contribution is 5.41. The van der Waals surface area contributed by atoms with Crippen LogP contribution in [0, 0.1) is 5.82 Å². The van der Waals surface area contributed by atoms with E-state index in [1.165, 1.54) is 0 Å². The molecule has 1 nitrogen and oxygen atoms in total. The van der Waals surface area contributed by atoms with E-state index in [1.807, 2.05) is 0 Å². The molecule has 16 heavy (non-hydrogen) atoms. The third-order valence-electron chi connectivity index (χ3n) is 3.42. The maximum atomic E-state index is 14.2. The number of nitrogens with one attached hydrogen (secondary N) is 1. The summed E-state index contributed by atoms with van der Waals surface area (Å²) in [7, 11) is 0. The van der Waals surface area contributed by atoms with Crippen LogP contribution in [0.25, 0.3) is 0 Å². The van der Waals surface area contributed by atoms with E-state index in [9.17, 15) is 4.39 Å². The van der Waals surface area contributed by atoms with Crippen LogP contribution in [0.15, 0.2) is 12.1 Å². The van der Waals surface area contributed by atoms with Gasteiger partial charge in [0.1, 0.15) is 5.82 Å². The summed E-state index contributed by atoms with van der Waals surface area (Å²) in [6, 6.07) is 3.85. The molecule has 0 aromatic heterocycles. The summed E-state index contributed by atoms with van der Waals surface area (Å²) in [6.45, 7) is 10.0. The zero-order valence-corrected chi connectivity index (χ0v) is 10.5. The van der Waals surface area contributed by atoms with Gasteiger partial charge in [-0.2, -0.15) is 0 Å². The summed E-state index contributed by atoms with van der Waals surface area (Å²) in [5.74, 6) is 0.345. The molecule has 0 saturated carbocycles. The van der Waals surface area contributed by atoms with Crippen LogP contribution in [0.4, 0.5) is 4.39 Å². The van der Waals surface area contributed by atoms with Gasteiger partial charge in [-0.25, -0.2) is 4.39 Å². The Morgan fingerprint density at radius 3 is 2.62 bits per heavy atom. The zero-order valence-electron chi connectivity index (χ0n) is 10.5. The standard InChI is InChI=1S/C14H20FN/c1-9(2)10-5-11-7-16-8-14(3,4)13(11)12(15)6-10/h5-6,9,16H,7-8H2,1-4H3. The first kappa shape index (κ1) is 11.6. The van der Waals surface area contributed by atoms with Crippen LogP contribution < -0.4 is 5.32 Å². The molecular formula is C14H20FN. The molecular weight excluding hydrogens is 201 g/mol. The van der Waals surface area contributed by atoms with Crippen molar-refractivity contribution in [3.63, 3.8) is 0 Å². The van der Waals surface area contributed by atoms with Crippen molar-refractivity contribution in [1.82, 2.24) is 5.32 Å². The van der Waals surface area contributed by atoms with Crippen molar-refractivity contribution in [3.05, 3.63) is 34.6 Å². The fourth-order valence-electron chi connectivity index (χ4n) is 2.52. The molecule has 0 fully saturated rings. The Morgan fingerprint density at radius 2 is 2.00 bits per heavy atom. The van der Waals surface area contributed by atoms with Crippen molar-refractivity contribution in [2.75, 3.05) is 6.54 Å². The highest BCUT2D eigenvalue weighted by Crippen LogP contribution is 2.33. The van der Waals surface area contributed by atoms with E-state index in [0.717, 1.165) is 29.8 Å². The number of rotatable bonds is 1. The van der Waals surface area contributed by atoms with Crippen LogP contribution in [-0.4, -0.2) is 6.54 Å². The summed E-state index contributed by atoms with van der Waals surface area (Å²) in [4.78, 5) is 0. The first-order chi connectivity index (χ1) is 7.42. The van der Waals surface area contributed by atoms with Crippen molar-refractivity contribution in [3.8, 4) is 0 Å². The van der Waals surface area contributed by atoms with Gasteiger partial charge in [-0.15, -0.1) is 0 Å². The van der Waals surface area contributed by atoms with Gasteiger partial charge >= 0.3 is 0 Å². The first-order valence-corrected chi connectivity index (χ1v) is 5.95. The molecule has 1 aromatic rings. The normalized spacial score (nSPS) is 18.6. The maximum Gasteiger partial charge on any atom is 0.127 e. The average molecular weight is 221 g/mol. The Labute approximate surface area is 97.1 Å². The topological polar surface area (TPSA) is 12.0 Å². The van der Waals surface area contributed by atoms with Crippen molar-refractivity contribution in [2.24, 2.45) is 0 Å². The van der Waals surface area contributed by atoms with Gasteiger partial charge in [-0.05, 0) is 28.7 Å². The smallest absolute Gasteiger partial charge is 0.127 e. The lowest BCUT2D eigenvalue weighted by Gasteiger charge is -2.34. The van der Waals surface area contributed by atoms with E-state index in [4.69, 9.17) is 0 Å². The van der Waals surface area contributed by atoms with Crippen LogP contribution in [0.5, 0.6) is 0 Å². The van der Waals surface area contributed by atoms with Crippen molar-refractivity contribution < 1.29 is 4.39 Å². The molecule has 1 aliphatic heterocycles. The number of fused-ring (bicyclic) bond motifs is 1. The van der Waals surface area contributed by atoms with Crippen LogP contribution in [0.1, 0.15) is 50.3 Å². The molecule has 0 amide bonds. The first-order valence-electron chi connectivity index (χ1n) is 5.95. The number of hydrogen-bond donors (Lipinski definition) is 1. The molecule has 0 spiro atoms. The molecule has 0 bridgehead atoms. The van der Waals surface area contributed by atoms with E-state index in [2.05, 4.69) is 39.1 Å². The number of benzene rings is 1. The van der Waals surface area contributed by atoms with Gasteiger partial charge in [0.05, 0.1) is 0 Å². The summed E-state index contributed by atoms with van der Waals surface area (Å²) < 4.78 is 14.2. The number of halogens is 1. The van der Waals surface area contributed by atoms with Crippen molar-refractivity contribution in [2.45, 2.75) is 45.6 Å². The minimum atomic E-state index is -0.104. The quantitative estimate of drug-likeness (QED) is 0.767. The molecule has 0 saturated heterocycles. The lowest BCUT2D eigenvalue weighted by molar-refractivity contribution is 0.410. The van der Waals surface area contributed by atoms with Crippen LogP contribution in [0.2, 0.25) is 0 Å². The Morgan fingerprint density at radius 1 is 1.31 bits per heavy atom. The lowest BCUT2D eigenvalue weighted by Crippen LogP contribution is -2.39. The monoisotopic (exact) mass is 221 g/mol. The van der Waals surface area contributed by atoms with Gasteiger partial charge in [-0.1, -0.05) is 33.8 Å². The lowest BCUT2D eigenvalue weighted by atomic mass is 9.77. The van der Waals surface area contributed by atoms with E-state index in [0.29, 0.717) is 5.92 Å². The predicted molar refractivity (Wildman–Crippen MR) is 65.2 cm³/mol. The highest BCUT2D eigenvalue weighted by atomic mass is 19.1. The van der Waals surface area contributed by atoms with Gasteiger partial charge in [0.2, 0.25) is 0 Å². The molecule has 88 valence electrons. The molecule has 1 heterocycles. The Hall–Kier alpha value is -0.890. The SMILES string of the molecule is CC(C)c1cc(F)c2c(c1)CNCC2(C)C. The van der Waals surface area contributed by atoms with Crippen molar-refractivity contribution >= 4 is 0 Å². The Kier molecular flexibility index (Phi) is 2.79. The second kappa shape index (κ2) is 3.85. The van der Waals surface area contributed by atoms with E-state index in [1.54, 1.807) is 6.07 Å². The largest absolute Gasteiger partial charge is 0.312 e. The minimum absolute atomic E-state index is 0.0345. The third kappa shape index (κ3) is 1.86. The van der Waals surface area contributed by atoms with Gasteiger partial charge in [0, 0.05) is 18.5 Å². The molecule has 1 aliphatic rings. The Balaban J connectivity index is 2.57. The van der Waals surface area contributed by atoms with Crippen LogP contribution in [0.3, 0.4) is 0 Å². The van der Waals surface area contributed by atoms with Crippen molar-refractivity contribution in [1.29, 1.82) is 0 Å². The van der Waals surface area contributed by atoms with Crippen LogP contribution >= 0.6 is 0 Å². The zero-order chi connectivity index (χ0) is 11.9. The summed E-state index contributed by atoms with van der Waals surface area (Å²) in [5.41, 5.74) is 3.01. The maximum absolute atomic E-state index is 14.2. The second-order valence-corrected chi connectivity index (χ2v) is 5.68. The molecule has 1 aromatic carbocycles. The molecule has 0 unspecified atom stereocenters. The summed E-state index contributed by atoms with van der Waals surface area (Å²) in [5, 5.41) is 3.36. The van der Waals surface area contributed by atoms with Gasteiger partial charge in [0.15, 0.2) is 0 Å². The van der Waals surface area contributed by atoms with Gasteiger partial charge in [0.25, 0.3) is 0 Å². The molecule has 0 radical (unpaired) electrons. The highest BCUT2D eigenvalue weighted by Gasteiger charge is 2.30. The summed E-state index contributed by atoms with van der Waals surface area (Å²) in [6.07, 6.45) is 0. The second-order valence-electron chi connectivity index (χ2n) is 5.68. The number of hydrogen-bond acceptors (Lipinski definition) is 1. The van der Waals surface area contributed by atoms with E-state index < -0.39 is 0 Å². The Bertz CT molecular complexity index is 407. The minimum Gasteiger partial charge on any atom is -0.312 e. The average Bonchev–Trinajstić information content (AvgIpc) is 2.15. The molecule has 0 aliphatic carbocycles. The third-order valence-corrected chi connectivity index (χ3v) is 3.42. The van der Waals surface area contributed by atoms with Crippen LogP contribution in [-0.2, 0) is 12.0 Å². The fraction of sp³-hybridized carbons (Fsp3) is 0.571. The van der Waals surface area contributed by atoms with E-state index in [-0.39, 0.29) is 11.2 Å². The van der Waals surface area contributed by atoms with Gasteiger partial charge in [-0.3, -0.25) is 0 Å². The predicted octanol–water partition coefficient (Wildman–Crippen LogP) is 3.33. The van der Waals surface area contributed by atoms with Gasteiger partial charge < -0.3 is 5.32 Å². The summed E-state index contributed by atoms with van der Waals surface area (Å²) >= 11 is 0. The molecule has 2 heteroatoms.